The maximum Gasteiger partial charge on any atom is 0.418 e. The summed E-state index contributed by atoms with van der Waals surface area (Å²) in [6, 6.07) is 6.34. The van der Waals surface area contributed by atoms with Gasteiger partial charge in [-0.1, -0.05) is 0 Å². The first-order valence-corrected chi connectivity index (χ1v) is 5.10. The van der Waals surface area contributed by atoms with Crippen molar-refractivity contribution >= 4 is 17.8 Å². The maximum atomic E-state index is 11.7. The van der Waals surface area contributed by atoms with Gasteiger partial charge in [0, 0.05) is 5.69 Å². The Balaban J connectivity index is 2.00. The van der Waals surface area contributed by atoms with Crippen LogP contribution in [0.4, 0.5) is 15.3 Å². The SMILES string of the molecule is COc1ccc(NC(=O)N2CCOC2=O)cc1. The summed E-state index contributed by atoms with van der Waals surface area (Å²) in [4.78, 5) is 23.8. The molecule has 1 aliphatic rings. The van der Waals surface area contributed by atoms with Crippen molar-refractivity contribution in [3.8, 4) is 5.75 Å². The van der Waals surface area contributed by atoms with Crippen molar-refractivity contribution in [2.45, 2.75) is 0 Å². The highest BCUT2D eigenvalue weighted by atomic mass is 16.6. The summed E-state index contributed by atoms with van der Waals surface area (Å²) in [7, 11) is 1.56. The molecule has 90 valence electrons. The van der Waals surface area contributed by atoms with E-state index in [2.05, 4.69) is 10.1 Å². The van der Waals surface area contributed by atoms with E-state index in [0.717, 1.165) is 4.90 Å². The summed E-state index contributed by atoms with van der Waals surface area (Å²) in [5.41, 5.74) is 0.593. The number of ether oxygens (including phenoxy) is 2. The van der Waals surface area contributed by atoms with E-state index < -0.39 is 12.1 Å². The zero-order chi connectivity index (χ0) is 12.3. The number of rotatable bonds is 2. The summed E-state index contributed by atoms with van der Waals surface area (Å²) < 4.78 is 9.66. The maximum absolute atomic E-state index is 11.7. The van der Waals surface area contributed by atoms with Crippen LogP contribution in [0.5, 0.6) is 5.75 Å². The third-order valence-electron chi connectivity index (χ3n) is 2.35. The van der Waals surface area contributed by atoms with Crippen LogP contribution < -0.4 is 10.1 Å². The van der Waals surface area contributed by atoms with Gasteiger partial charge in [-0.3, -0.25) is 0 Å². The van der Waals surface area contributed by atoms with Gasteiger partial charge in [-0.25, -0.2) is 14.5 Å². The number of hydrogen-bond acceptors (Lipinski definition) is 4. The van der Waals surface area contributed by atoms with Crippen LogP contribution in [0.15, 0.2) is 24.3 Å². The topological polar surface area (TPSA) is 67.9 Å². The second-order valence-corrected chi connectivity index (χ2v) is 3.42. The summed E-state index contributed by atoms with van der Waals surface area (Å²) >= 11 is 0. The quantitative estimate of drug-likeness (QED) is 0.848. The first kappa shape index (κ1) is 11.3. The fourth-order valence-corrected chi connectivity index (χ4v) is 1.44. The van der Waals surface area contributed by atoms with Crippen LogP contribution in [0.3, 0.4) is 0 Å². The van der Waals surface area contributed by atoms with Gasteiger partial charge < -0.3 is 14.8 Å². The Bertz CT molecular complexity index is 430. The molecule has 1 aromatic carbocycles. The van der Waals surface area contributed by atoms with Gasteiger partial charge in [0.25, 0.3) is 0 Å². The van der Waals surface area contributed by atoms with Gasteiger partial charge in [-0.05, 0) is 24.3 Å². The number of hydrogen-bond donors (Lipinski definition) is 1. The highest BCUT2D eigenvalue weighted by molar-refractivity contribution is 5.99. The Morgan fingerprint density at radius 3 is 2.65 bits per heavy atom. The molecule has 17 heavy (non-hydrogen) atoms. The summed E-state index contributed by atoms with van der Waals surface area (Å²) in [5, 5.41) is 2.60. The lowest BCUT2D eigenvalue weighted by atomic mass is 10.3. The molecule has 0 atom stereocenters. The fraction of sp³-hybridized carbons (Fsp3) is 0.273. The number of cyclic esters (lactones) is 1. The van der Waals surface area contributed by atoms with Crippen LogP contribution in [0, 0.1) is 0 Å². The molecule has 6 nitrogen and oxygen atoms in total. The highest BCUT2D eigenvalue weighted by Crippen LogP contribution is 2.16. The van der Waals surface area contributed by atoms with Crippen molar-refractivity contribution in [2.75, 3.05) is 25.6 Å². The summed E-state index contributed by atoms with van der Waals surface area (Å²) in [5.74, 6) is 0.698. The molecule has 2 rings (SSSR count). The third kappa shape index (κ3) is 2.47. The smallest absolute Gasteiger partial charge is 0.418 e. The van der Waals surface area contributed by atoms with Crippen molar-refractivity contribution in [1.29, 1.82) is 0 Å². The molecule has 0 radical (unpaired) electrons. The first-order chi connectivity index (χ1) is 8.20. The predicted molar refractivity (Wildman–Crippen MR) is 60.1 cm³/mol. The van der Waals surface area contributed by atoms with Crippen molar-refractivity contribution < 1.29 is 19.1 Å². The Morgan fingerprint density at radius 1 is 1.41 bits per heavy atom. The van der Waals surface area contributed by atoms with E-state index in [1.165, 1.54) is 0 Å². The number of anilines is 1. The molecule has 0 bridgehead atoms. The van der Waals surface area contributed by atoms with Crippen LogP contribution in [0.1, 0.15) is 0 Å². The van der Waals surface area contributed by atoms with Gasteiger partial charge in [0.15, 0.2) is 0 Å². The van der Waals surface area contributed by atoms with Gasteiger partial charge in [-0.15, -0.1) is 0 Å². The van der Waals surface area contributed by atoms with Crippen LogP contribution in [0.2, 0.25) is 0 Å². The van der Waals surface area contributed by atoms with Gasteiger partial charge in [0.2, 0.25) is 0 Å². The van der Waals surface area contributed by atoms with E-state index in [1.54, 1.807) is 31.4 Å². The molecule has 0 saturated carbocycles. The van der Waals surface area contributed by atoms with E-state index in [4.69, 9.17) is 4.74 Å². The van der Waals surface area contributed by atoms with E-state index in [-0.39, 0.29) is 13.2 Å². The lowest BCUT2D eigenvalue weighted by Crippen LogP contribution is -2.35. The number of imide groups is 1. The minimum absolute atomic E-state index is 0.245. The molecular formula is C11H12N2O4. The predicted octanol–water partition coefficient (Wildman–Crippen LogP) is 1.68. The number of amides is 3. The van der Waals surface area contributed by atoms with Crippen LogP contribution >= 0.6 is 0 Å². The van der Waals surface area contributed by atoms with E-state index >= 15 is 0 Å². The van der Waals surface area contributed by atoms with Crippen LogP contribution in [-0.4, -0.2) is 37.3 Å². The molecule has 6 heteroatoms. The highest BCUT2D eigenvalue weighted by Gasteiger charge is 2.28. The first-order valence-electron chi connectivity index (χ1n) is 5.10. The number of nitrogens with one attached hydrogen (secondary N) is 1. The number of methoxy groups -OCH3 is 1. The number of carbonyl (C=O) groups is 2. The van der Waals surface area contributed by atoms with Crippen molar-refractivity contribution in [3.05, 3.63) is 24.3 Å². The Hall–Kier alpha value is -2.24. The Labute approximate surface area is 98.1 Å². The largest absolute Gasteiger partial charge is 0.497 e. The molecule has 1 aliphatic heterocycles. The normalized spacial score (nSPS) is 14.4. The molecule has 1 N–H and O–H groups in total. The van der Waals surface area contributed by atoms with Crippen LogP contribution in [0.25, 0.3) is 0 Å². The molecule has 0 aromatic heterocycles. The lowest BCUT2D eigenvalue weighted by Gasteiger charge is -2.12. The fourth-order valence-electron chi connectivity index (χ4n) is 1.44. The van der Waals surface area contributed by atoms with Crippen LogP contribution in [-0.2, 0) is 4.74 Å². The average Bonchev–Trinajstić information content (AvgIpc) is 2.76. The number of benzene rings is 1. The Kier molecular flexibility index (Phi) is 3.13. The molecule has 0 aliphatic carbocycles. The molecule has 1 fully saturated rings. The summed E-state index contributed by atoms with van der Waals surface area (Å²) in [6.07, 6.45) is -0.615. The average molecular weight is 236 g/mol. The van der Waals surface area contributed by atoms with E-state index in [0.29, 0.717) is 11.4 Å². The molecule has 1 saturated heterocycles. The molecular weight excluding hydrogens is 224 g/mol. The van der Waals surface area contributed by atoms with Crippen molar-refractivity contribution in [2.24, 2.45) is 0 Å². The monoisotopic (exact) mass is 236 g/mol. The zero-order valence-corrected chi connectivity index (χ0v) is 9.30. The molecule has 1 heterocycles. The van der Waals surface area contributed by atoms with Crippen molar-refractivity contribution in [1.82, 2.24) is 4.90 Å². The molecule has 1 aromatic rings. The molecule has 0 unspecified atom stereocenters. The number of nitrogens with zero attached hydrogens (tertiary/aromatic N) is 1. The number of urea groups is 1. The zero-order valence-electron chi connectivity index (χ0n) is 9.30. The minimum atomic E-state index is -0.615. The molecule has 0 spiro atoms. The minimum Gasteiger partial charge on any atom is -0.497 e. The second kappa shape index (κ2) is 4.73. The summed E-state index contributed by atoms with van der Waals surface area (Å²) in [6.45, 7) is 0.523. The number of carbonyl (C=O) groups excluding carboxylic acids is 2. The molecule has 3 amide bonds. The second-order valence-electron chi connectivity index (χ2n) is 3.42. The Morgan fingerprint density at radius 2 is 2.12 bits per heavy atom. The van der Waals surface area contributed by atoms with E-state index in [9.17, 15) is 9.59 Å². The third-order valence-corrected chi connectivity index (χ3v) is 2.35. The van der Waals surface area contributed by atoms with Gasteiger partial charge >= 0.3 is 12.1 Å². The van der Waals surface area contributed by atoms with Gasteiger partial charge in [-0.2, -0.15) is 0 Å². The standard InChI is InChI=1S/C11H12N2O4/c1-16-9-4-2-8(3-5-9)12-10(14)13-6-7-17-11(13)15/h2-5H,6-7H2,1H3,(H,12,14). The lowest BCUT2D eigenvalue weighted by molar-refractivity contribution is 0.161. The van der Waals surface area contributed by atoms with Gasteiger partial charge in [0.1, 0.15) is 12.4 Å². The van der Waals surface area contributed by atoms with E-state index in [1.807, 2.05) is 0 Å². The van der Waals surface area contributed by atoms with Crippen molar-refractivity contribution in [3.63, 3.8) is 0 Å². The van der Waals surface area contributed by atoms with Gasteiger partial charge in [0.05, 0.1) is 13.7 Å².